The minimum absolute atomic E-state index is 0.0258. The third-order valence-electron chi connectivity index (χ3n) is 2.48. The molecule has 17 heavy (non-hydrogen) atoms. The van der Waals surface area contributed by atoms with Crippen LogP contribution < -0.4 is 5.32 Å². The monoisotopic (exact) mass is 235 g/mol. The summed E-state index contributed by atoms with van der Waals surface area (Å²) in [5.74, 6) is 0.843. The van der Waals surface area contributed by atoms with E-state index >= 15 is 0 Å². The van der Waals surface area contributed by atoms with Crippen LogP contribution in [0.5, 0.6) is 0 Å². The number of nitrogens with zero attached hydrogens (tertiary/aromatic N) is 2. The SMILES string of the molecule is Cc1nnc(CN[C@H](C)c2cccc(F)c2)o1. The van der Waals surface area contributed by atoms with Crippen LogP contribution in [-0.4, -0.2) is 10.2 Å². The van der Waals surface area contributed by atoms with Gasteiger partial charge in [0.25, 0.3) is 0 Å². The summed E-state index contributed by atoms with van der Waals surface area (Å²) in [6, 6.07) is 6.53. The largest absolute Gasteiger partial charge is 0.424 e. The van der Waals surface area contributed by atoms with Gasteiger partial charge in [-0.3, -0.25) is 0 Å². The predicted octanol–water partition coefficient (Wildman–Crippen LogP) is 2.37. The van der Waals surface area contributed by atoms with E-state index < -0.39 is 0 Å². The molecule has 0 amide bonds. The molecule has 1 aromatic carbocycles. The zero-order chi connectivity index (χ0) is 12.3. The van der Waals surface area contributed by atoms with Crippen molar-refractivity contribution in [3.05, 3.63) is 47.4 Å². The van der Waals surface area contributed by atoms with Gasteiger partial charge < -0.3 is 9.73 Å². The molecule has 2 rings (SSSR count). The van der Waals surface area contributed by atoms with Gasteiger partial charge in [0, 0.05) is 13.0 Å². The molecule has 4 nitrogen and oxygen atoms in total. The molecule has 0 saturated carbocycles. The van der Waals surface area contributed by atoms with Gasteiger partial charge in [-0.15, -0.1) is 10.2 Å². The Morgan fingerprint density at radius 1 is 1.41 bits per heavy atom. The second-order valence-corrected chi connectivity index (χ2v) is 3.87. The van der Waals surface area contributed by atoms with E-state index in [0.29, 0.717) is 18.3 Å². The maximum Gasteiger partial charge on any atom is 0.230 e. The molecule has 0 aliphatic carbocycles. The van der Waals surface area contributed by atoms with Gasteiger partial charge in [0.05, 0.1) is 6.54 Å². The van der Waals surface area contributed by atoms with E-state index in [1.165, 1.54) is 12.1 Å². The van der Waals surface area contributed by atoms with Gasteiger partial charge in [-0.2, -0.15) is 0 Å². The van der Waals surface area contributed by atoms with Crippen LogP contribution in [0.1, 0.15) is 30.3 Å². The molecule has 1 heterocycles. The minimum Gasteiger partial charge on any atom is -0.424 e. The molecule has 0 spiro atoms. The number of aromatic nitrogens is 2. The number of hydrogen-bond acceptors (Lipinski definition) is 4. The van der Waals surface area contributed by atoms with Crippen molar-refractivity contribution in [1.82, 2.24) is 15.5 Å². The first kappa shape index (κ1) is 11.7. The molecule has 0 fully saturated rings. The zero-order valence-corrected chi connectivity index (χ0v) is 9.77. The van der Waals surface area contributed by atoms with Crippen LogP contribution in [0.3, 0.4) is 0 Å². The molecular formula is C12H14FN3O. The van der Waals surface area contributed by atoms with Gasteiger partial charge in [-0.1, -0.05) is 12.1 Å². The van der Waals surface area contributed by atoms with Crippen LogP contribution in [0, 0.1) is 12.7 Å². The molecule has 1 N–H and O–H groups in total. The number of hydrogen-bond donors (Lipinski definition) is 1. The number of benzene rings is 1. The Labute approximate surface area is 98.9 Å². The summed E-state index contributed by atoms with van der Waals surface area (Å²) in [6.45, 7) is 4.17. The highest BCUT2D eigenvalue weighted by Crippen LogP contribution is 2.13. The van der Waals surface area contributed by atoms with Gasteiger partial charge >= 0.3 is 0 Å². The Balaban J connectivity index is 1.95. The summed E-state index contributed by atoms with van der Waals surface area (Å²) in [6.07, 6.45) is 0. The van der Waals surface area contributed by atoms with Crippen molar-refractivity contribution in [3.8, 4) is 0 Å². The maximum absolute atomic E-state index is 13.0. The van der Waals surface area contributed by atoms with Crippen molar-refractivity contribution >= 4 is 0 Å². The van der Waals surface area contributed by atoms with Gasteiger partial charge in [0.15, 0.2) is 0 Å². The molecule has 0 aliphatic heterocycles. The third-order valence-corrected chi connectivity index (χ3v) is 2.48. The maximum atomic E-state index is 13.0. The molecule has 2 aromatic rings. The molecule has 1 aromatic heterocycles. The number of nitrogens with one attached hydrogen (secondary N) is 1. The fourth-order valence-corrected chi connectivity index (χ4v) is 1.54. The first-order valence-electron chi connectivity index (χ1n) is 5.43. The molecule has 0 saturated heterocycles. The first-order chi connectivity index (χ1) is 8.15. The number of halogens is 1. The van der Waals surface area contributed by atoms with Crippen molar-refractivity contribution in [2.24, 2.45) is 0 Å². The smallest absolute Gasteiger partial charge is 0.230 e. The number of rotatable bonds is 4. The van der Waals surface area contributed by atoms with Crippen LogP contribution in [0.2, 0.25) is 0 Å². The summed E-state index contributed by atoms with van der Waals surface area (Å²) >= 11 is 0. The van der Waals surface area contributed by atoms with E-state index in [9.17, 15) is 4.39 Å². The molecule has 0 bridgehead atoms. The Morgan fingerprint density at radius 3 is 2.88 bits per heavy atom. The van der Waals surface area contributed by atoms with Crippen molar-refractivity contribution < 1.29 is 8.81 Å². The van der Waals surface area contributed by atoms with E-state index in [4.69, 9.17) is 4.42 Å². The van der Waals surface area contributed by atoms with E-state index in [-0.39, 0.29) is 11.9 Å². The topological polar surface area (TPSA) is 51.0 Å². The normalized spacial score (nSPS) is 12.6. The van der Waals surface area contributed by atoms with Crippen molar-refractivity contribution in [2.75, 3.05) is 0 Å². The summed E-state index contributed by atoms with van der Waals surface area (Å²) in [7, 11) is 0. The predicted molar refractivity (Wildman–Crippen MR) is 60.7 cm³/mol. The molecule has 0 radical (unpaired) electrons. The van der Waals surface area contributed by atoms with Crippen molar-refractivity contribution in [3.63, 3.8) is 0 Å². The molecular weight excluding hydrogens is 221 g/mol. The summed E-state index contributed by atoms with van der Waals surface area (Å²) in [5, 5.41) is 10.8. The van der Waals surface area contributed by atoms with E-state index in [2.05, 4.69) is 15.5 Å². The van der Waals surface area contributed by atoms with E-state index in [0.717, 1.165) is 5.56 Å². The zero-order valence-electron chi connectivity index (χ0n) is 9.77. The molecule has 5 heteroatoms. The fourth-order valence-electron chi connectivity index (χ4n) is 1.54. The van der Waals surface area contributed by atoms with E-state index in [1.807, 2.05) is 13.0 Å². The van der Waals surface area contributed by atoms with Crippen LogP contribution in [0.15, 0.2) is 28.7 Å². The Kier molecular flexibility index (Phi) is 3.49. The molecule has 0 aliphatic rings. The van der Waals surface area contributed by atoms with Gasteiger partial charge in [0.1, 0.15) is 5.82 Å². The summed E-state index contributed by atoms with van der Waals surface area (Å²) < 4.78 is 18.3. The molecule has 0 unspecified atom stereocenters. The van der Waals surface area contributed by atoms with Crippen LogP contribution in [0.25, 0.3) is 0 Å². The Bertz CT molecular complexity index is 498. The van der Waals surface area contributed by atoms with Crippen LogP contribution >= 0.6 is 0 Å². The highest BCUT2D eigenvalue weighted by Gasteiger charge is 2.08. The Morgan fingerprint density at radius 2 is 2.24 bits per heavy atom. The van der Waals surface area contributed by atoms with Crippen LogP contribution in [-0.2, 0) is 6.54 Å². The highest BCUT2D eigenvalue weighted by atomic mass is 19.1. The average molecular weight is 235 g/mol. The minimum atomic E-state index is -0.232. The second-order valence-electron chi connectivity index (χ2n) is 3.87. The van der Waals surface area contributed by atoms with Crippen LogP contribution in [0.4, 0.5) is 4.39 Å². The first-order valence-corrected chi connectivity index (χ1v) is 5.43. The summed E-state index contributed by atoms with van der Waals surface area (Å²) in [4.78, 5) is 0. The quantitative estimate of drug-likeness (QED) is 0.883. The average Bonchev–Trinajstić information content (AvgIpc) is 2.72. The lowest BCUT2D eigenvalue weighted by atomic mass is 10.1. The third kappa shape index (κ3) is 3.10. The number of aryl methyl sites for hydroxylation is 1. The lowest BCUT2D eigenvalue weighted by molar-refractivity contribution is 0.430. The Hall–Kier alpha value is -1.75. The summed E-state index contributed by atoms with van der Waals surface area (Å²) in [5.41, 5.74) is 0.890. The molecule has 90 valence electrons. The molecule has 1 atom stereocenters. The van der Waals surface area contributed by atoms with E-state index in [1.54, 1.807) is 13.0 Å². The fraction of sp³-hybridized carbons (Fsp3) is 0.333. The lowest BCUT2D eigenvalue weighted by Gasteiger charge is -2.12. The van der Waals surface area contributed by atoms with Gasteiger partial charge in [-0.05, 0) is 24.6 Å². The van der Waals surface area contributed by atoms with Crippen molar-refractivity contribution in [2.45, 2.75) is 26.4 Å². The highest BCUT2D eigenvalue weighted by molar-refractivity contribution is 5.19. The van der Waals surface area contributed by atoms with Gasteiger partial charge in [-0.25, -0.2) is 4.39 Å². The standard InChI is InChI=1S/C12H14FN3O/c1-8(10-4-3-5-11(13)6-10)14-7-12-16-15-9(2)17-12/h3-6,8,14H,7H2,1-2H3/t8-/m1/s1. The lowest BCUT2D eigenvalue weighted by Crippen LogP contribution is -2.18. The van der Waals surface area contributed by atoms with Gasteiger partial charge in [0.2, 0.25) is 11.8 Å². The van der Waals surface area contributed by atoms with Crippen molar-refractivity contribution in [1.29, 1.82) is 0 Å². The second kappa shape index (κ2) is 5.05.